The molecule has 0 N–H and O–H groups in total. The molecule has 1 aromatic carbocycles. The first-order chi connectivity index (χ1) is 11.2. The van der Waals surface area contributed by atoms with Crippen LogP contribution < -0.4 is 0 Å². The van der Waals surface area contributed by atoms with Crippen LogP contribution in [-0.2, 0) is 4.79 Å². The number of amides is 2. The van der Waals surface area contributed by atoms with Crippen LogP contribution in [0.4, 0.5) is 0 Å². The monoisotopic (exact) mass is 328 g/mol. The summed E-state index contributed by atoms with van der Waals surface area (Å²) in [6, 6.07) is 12.0. The van der Waals surface area contributed by atoms with Gasteiger partial charge in [-0.1, -0.05) is 30.3 Å². The highest BCUT2D eigenvalue weighted by Gasteiger charge is 2.24. The number of thiophene rings is 1. The molecular formula is C18H20N2O2S. The van der Waals surface area contributed by atoms with Crippen molar-refractivity contribution >= 4 is 23.2 Å². The first-order valence-electron chi connectivity index (χ1n) is 7.84. The minimum Gasteiger partial charge on any atom is -0.341 e. The Balaban J connectivity index is 1.79. The lowest BCUT2D eigenvalue weighted by Crippen LogP contribution is -2.36. The Labute approximate surface area is 140 Å². The van der Waals surface area contributed by atoms with Crippen LogP contribution in [0.1, 0.15) is 23.0 Å². The first-order valence-corrected chi connectivity index (χ1v) is 8.72. The van der Waals surface area contributed by atoms with Crippen LogP contribution in [0.15, 0.2) is 41.8 Å². The summed E-state index contributed by atoms with van der Waals surface area (Å²) in [4.78, 5) is 28.9. The van der Waals surface area contributed by atoms with E-state index in [-0.39, 0.29) is 11.8 Å². The molecule has 1 aliphatic heterocycles. The first kappa shape index (κ1) is 15.7. The van der Waals surface area contributed by atoms with E-state index in [1.54, 1.807) is 6.92 Å². The standard InChI is InChI=1S/C18H20N2O2S/c1-14(21)19-9-5-10-20(12-11-19)18(22)17-16(8-13-23-17)15-6-3-2-4-7-15/h2-4,6-8,13H,5,9-12H2,1H3. The Bertz CT molecular complexity index is 696. The van der Waals surface area contributed by atoms with Crippen molar-refractivity contribution < 1.29 is 9.59 Å². The van der Waals surface area contributed by atoms with Crippen molar-refractivity contribution in [3.8, 4) is 11.1 Å². The third-order valence-electron chi connectivity index (χ3n) is 4.17. The van der Waals surface area contributed by atoms with Gasteiger partial charge >= 0.3 is 0 Å². The van der Waals surface area contributed by atoms with Crippen LogP contribution in [0.2, 0.25) is 0 Å². The van der Waals surface area contributed by atoms with Gasteiger partial charge in [-0.15, -0.1) is 11.3 Å². The molecule has 23 heavy (non-hydrogen) atoms. The second-order valence-corrected chi connectivity index (χ2v) is 6.60. The maximum atomic E-state index is 12.9. The summed E-state index contributed by atoms with van der Waals surface area (Å²) in [5, 5.41) is 1.97. The Morgan fingerprint density at radius 2 is 1.65 bits per heavy atom. The third kappa shape index (κ3) is 3.45. The van der Waals surface area contributed by atoms with Gasteiger partial charge in [-0.25, -0.2) is 0 Å². The van der Waals surface area contributed by atoms with Crippen LogP contribution >= 0.6 is 11.3 Å². The van der Waals surface area contributed by atoms with E-state index in [1.165, 1.54) is 11.3 Å². The lowest BCUT2D eigenvalue weighted by atomic mass is 10.1. The fraction of sp³-hybridized carbons (Fsp3) is 0.333. The minimum atomic E-state index is 0.0734. The van der Waals surface area contributed by atoms with E-state index in [0.717, 1.165) is 29.0 Å². The van der Waals surface area contributed by atoms with Crippen LogP contribution in [0.5, 0.6) is 0 Å². The van der Waals surface area contributed by atoms with Crippen LogP contribution in [0, 0.1) is 0 Å². The second-order valence-electron chi connectivity index (χ2n) is 5.68. The van der Waals surface area contributed by atoms with E-state index in [4.69, 9.17) is 0 Å². The Hall–Kier alpha value is -2.14. The number of hydrogen-bond donors (Lipinski definition) is 0. The van der Waals surface area contributed by atoms with Crippen LogP contribution in [-0.4, -0.2) is 47.8 Å². The predicted molar refractivity (Wildman–Crippen MR) is 92.5 cm³/mol. The van der Waals surface area contributed by atoms with E-state index in [2.05, 4.69) is 0 Å². The molecule has 2 heterocycles. The predicted octanol–water partition coefficient (Wildman–Crippen LogP) is 3.11. The lowest BCUT2D eigenvalue weighted by molar-refractivity contribution is -0.128. The zero-order chi connectivity index (χ0) is 16.2. The van der Waals surface area contributed by atoms with Gasteiger partial charge in [0.15, 0.2) is 0 Å². The van der Waals surface area contributed by atoms with Crippen molar-refractivity contribution in [2.75, 3.05) is 26.2 Å². The van der Waals surface area contributed by atoms with Gasteiger partial charge in [0.2, 0.25) is 5.91 Å². The van der Waals surface area contributed by atoms with Gasteiger partial charge in [0.1, 0.15) is 0 Å². The number of hydrogen-bond acceptors (Lipinski definition) is 3. The molecule has 1 saturated heterocycles. The normalized spacial score (nSPS) is 15.3. The van der Waals surface area contributed by atoms with Crippen molar-refractivity contribution in [1.82, 2.24) is 9.80 Å². The minimum absolute atomic E-state index is 0.0734. The largest absolute Gasteiger partial charge is 0.341 e. The van der Waals surface area contributed by atoms with Crippen molar-refractivity contribution in [1.29, 1.82) is 0 Å². The average Bonchev–Trinajstić information content (AvgIpc) is 2.92. The topological polar surface area (TPSA) is 40.6 Å². The van der Waals surface area contributed by atoms with Crippen molar-refractivity contribution in [2.24, 2.45) is 0 Å². The van der Waals surface area contributed by atoms with E-state index >= 15 is 0 Å². The van der Waals surface area contributed by atoms with Gasteiger partial charge < -0.3 is 9.80 Å². The van der Waals surface area contributed by atoms with Crippen molar-refractivity contribution in [2.45, 2.75) is 13.3 Å². The number of carbonyl (C=O) groups is 2. The SMILES string of the molecule is CC(=O)N1CCCN(C(=O)c2sccc2-c2ccccc2)CC1. The number of carbonyl (C=O) groups excluding carboxylic acids is 2. The Kier molecular flexibility index (Phi) is 4.76. The molecule has 0 radical (unpaired) electrons. The van der Waals surface area contributed by atoms with E-state index in [0.29, 0.717) is 19.6 Å². The number of rotatable bonds is 2. The maximum absolute atomic E-state index is 12.9. The molecule has 0 unspecified atom stereocenters. The fourth-order valence-corrected chi connectivity index (χ4v) is 3.78. The summed E-state index contributed by atoms with van der Waals surface area (Å²) in [7, 11) is 0. The number of benzene rings is 1. The molecule has 0 bridgehead atoms. The molecular weight excluding hydrogens is 308 g/mol. The fourth-order valence-electron chi connectivity index (χ4n) is 2.90. The van der Waals surface area contributed by atoms with Gasteiger partial charge in [0.05, 0.1) is 4.88 Å². The highest BCUT2D eigenvalue weighted by molar-refractivity contribution is 7.12. The van der Waals surface area contributed by atoms with Gasteiger partial charge in [0, 0.05) is 38.7 Å². The highest BCUT2D eigenvalue weighted by Crippen LogP contribution is 2.29. The summed E-state index contributed by atoms with van der Waals surface area (Å²) in [5.41, 5.74) is 2.06. The molecule has 4 nitrogen and oxygen atoms in total. The van der Waals surface area contributed by atoms with E-state index < -0.39 is 0 Å². The molecule has 1 fully saturated rings. The molecule has 0 saturated carbocycles. The molecule has 0 spiro atoms. The van der Waals surface area contributed by atoms with Crippen LogP contribution in [0.25, 0.3) is 11.1 Å². The van der Waals surface area contributed by atoms with Crippen LogP contribution in [0.3, 0.4) is 0 Å². The summed E-state index contributed by atoms with van der Waals surface area (Å²) < 4.78 is 0. The molecule has 2 amide bonds. The van der Waals surface area contributed by atoms with Crippen molar-refractivity contribution in [3.05, 3.63) is 46.7 Å². The second kappa shape index (κ2) is 6.96. The molecule has 120 valence electrons. The molecule has 1 aliphatic rings. The molecule has 3 rings (SSSR count). The Morgan fingerprint density at radius 3 is 2.39 bits per heavy atom. The van der Waals surface area contributed by atoms with Crippen molar-refractivity contribution in [3.63, 3.8) is 0 Å². The number of nitrogens with zero attached hydrogens (tertiary/aromatic N) is 2. The summed E-state index contributed by atoms with van der Waals surface area (Å²) in [5.74, 6) is 0.157. The molecule has 2 aromatic rings. The summed E-state index contributed by atoms with van der Waals surface area (Å²) in [6.45, 7) is 4.24. The Morgan fingerprint density at radius 1 is 0.957 bits per heavy atom. The zero-order valence-corrected chi connectivity index (χ0v) is 14.0. The van der Waals surface area contributed by atoms with E-state index in [1.807, 2.05) is 51.6 Å². The molecule has 5 heteroatoms. The maximum Gasteiger partial charge on any atom is 0.264 e. The quantitative estimate of drug-likeness (QED) is 0.850. The summed E-state index contributed by atoms with van der Waals surface area (Å²) in [6.07, 6.45) is 0.831. The third-order valence-corrected chi connectivity index (χ3v) is 5.08. The summed E-state index contributed by atoms with van der Waals surface area (Å²) >= 11 is 1.49. The molecule has 0 atom stereocenters. The lowest BCUT2D eigenvalue weighted by Gasteiger charge is -2.21. The van der Waals surface area contributed by atoms with E-state index in [9.17, 15) is 9.59 Å². The molecule has 1 aromatic heterocycles. The average molecular weight is 328 g/mol. The smallest absolute Gasteiger partial charge is 0.264 e. The molecule has 0 aliphatic carbocycles. The highest BCUT2D eigenvalue weighted by atomic mass is 32.1. The van der Waals surface area contributed by atoms with Gasteiger partial charge in [-0.2, -0.15) is 0 Å². The van der Waals surface area contributed by atoms with Gasteiger partial charge in [0.25, 0.3) is 5.91 Å². The zero-order valence-electron chi connectivity index (χ0n) is 13.2. The van der Waals surface area contributed by atoms with Gasteiger partial charge in [-0.3, -0.25) is 9.59 Å². The van der Waals surface area contributed by atoms with Gasteiger partial charge in [-0.05, 0) is 23.4 Å².